The van der Waals surface area contributed by atoms with Gasteiger partial charge in [0.05, 0.1) is 24.9 Å². The number of piperidine rings is 1. The number of carbonyl (C=O) groups excluding carboxylic acids is 1. The number of halogens is 1. The number of hydrogen-bond acceptors (Lipinski definition) is 6. The molecule has 2 aliphatic heterocycles. The van der Waals surface area contributed by atoms with Crippen LogP contribution in [0.2, 0.25) is 0 Å². The largest absolute Gasteiger partial charge is 0.497 e. The van der Waals surface area contributed by atoms with Crippen molar-refractivity contribution in [2.45, 2.75) is 32.7 Å². The fourth-order valence-corrected chi connectivity index (χ4v) is 4.53. The lowest BCUT2D eigenvalue weighted by Crippen LogP contribution is -2.38. The van der Waals surface area contributed by atoms with Crippen LogP contribution in [-0.4, -0.2) is 47.5 Å². The Bertz CT molecular complexity index is 1210. The van der Waals surface area contributed by atoms with E-state index in [1.54, 1.807) is 36.3 Å². The molecule has 0 saturated carbocycles. The summed E-state index contributed by atoms with van der Waals surface area (Å²) in [6, 6.07) is 13.0. The van der Waals surface area contributed by atoms with Crippen LogP contribution in [0.4, 0.5) is 10.3 Å². The number of rotatable bonds is 5. The second-order valence-electron chi connectivity index (χ2n) is 9.19. The summed E-state index contributed by atoms with van der Waals surface area (Å²) in [6.45, 7) is 4.95. The van der Waals surface area contributed by atoms with Crippen molar-refractivity contribution in [1.82, 2.24) is 14.9 Å². The van der Waals surface area contributed by atoms with Crippen LogP contribution in [-0.2, 0) is 13.0 Å². The molecule has 0 N–H and O–H groups in total. The third-order valence-electron chi connectivity index (χ3n) is 6.71. The van der Waals surface area contributed by atoms with Crippen LogP contribution in [0.25, 0.3) is 0 Å². The Morgan fingerprint density at radius 1 is 1.03 bits per heavy atom. The Labute approximate surface area is 204 Å². The molecule has 2 aromatic carbocycles. The van der Waals surface area contributed by atoms with Gasteiger partial charge in [-0.25, -0.2) is 9.37 Å². The van der Waals surface area contributed by atoms with E-state index in [-0.39, 0.29) is 11.7 Å². The molecule has 0 spiro atoms. The Balaban J connectivity index is 1.46. The Hall–Kier alpha value is -3.68. The average Bonchev–Trinajstić information content (AvgIpc) is 2.89. The van der Waals surface area contributed by atoms with Crippen molar-refractivity contribution in [3.63, 3.8) is 0 Å². The third-order valence-corrected chi connectivity index (χ3v) is 6.71. The van der Waals surface area contributed by atoms with E-state index < -0.39 is 0 Å². The summed E-state index contributed by atoms with van der Waals surface area (Å²) in [7, 11) is 1.58. The molecule has 182 valence electrons. The highest BCUT2D eigenvalue weighted by molar-refractivity contribution is 5.94. The van der Waals surface area contributed by atoms with Crippen LogP contribution in [0.1, 0.15) is 41.4 Å². The second-order valence-corrected chi connectivity index (χ2v) is 9.19. The maximum absolute atomic E-state index is 13.5. The van der Waals surface area contributed by atoms with Gasteiger partial charge in [0.1, 0.15) is 17.3 Å². The maximum atomic E-state index is 13.5. The molecule has 3 aromatic rings. The van der Waals surface area contributed by atoms with E-state index >= 15 is 0 Å². The number of fused-ring (bicyclic) bond motifs is 1. The van der Waals surface area contributed by atoms with Gasteiger partial charge in [-0.3, -0.25) is 4.79 Å². The summed E-state index contributed by atoms with van der Waals surface area (Å²) in [6.07, 6.45) is 2.79. The average molecular weight is 477 g/mol. The van der Waals surface area contributed by atoms with Gasteiger partial charge in [-0.2, -0.15) is 4.98 Å². The molecule has 7 nitrogen and oxygen atoms in total. The molecule has 1 amide bonds. The highest BCUT2D eigenvalue weighted by Gasteiger charge is 2.29. The van der Waals surface area contributed by atoms with E-state index in [1.165, 1.54) is 12.1 Å². The van der Waals surface area contributed by atoms with Crippen molar-refractivity contribution < 1.29 is 18.7 Å². The van der Waals surface area contributed by atoms with E-state index in [1.807, 2.05) is 12.1 Å². The van der Waals surface area contributed by atoms with Crippen molar-refractivity contribution >= 4 is 11.9 Å². The van der Waals surface area contributed by atoms with Gasteiger partial charge in [-0.15, -0.1) is 0 Å². The maximum Gasteiger partial charge on any atom is 0.254 e. The van der Waals surface area contributed by atoms with Crippen LogP contribution in [0.5, 0.6) is 17.4 Å². The molecule has 0 atom stereocenters. The number of aromatic nitrogens is 2. The van der Waals surface area contributed by atoms with Crippen LogP contribution in [0.3, 0.4) is 0 Å². The lowest BCUT2D eigenvalue weighted by molar-refractivity contribution is 0.0731. The van der Waals surface area contributed by atoms with Crippen LogP contribution < -0.4 is 14.4 Å². The first kappa shape index (κ1) is 23.1. The minimum absolute atomic E-state index is 0.0867. The zero-order valence-electron chi connectivity index (χ0n) is 20.0. The quantitative estimate of drug-likeness (QED) is 0.524. The minimum Gasteiger partial charge on any atom is -0.497 e. The van der Waals surface area contributed by atoms with Crippen molar-refractivity contribution in [1.29, 1.82) is 0 Å². The van der Waals surface area contributed by atoms with Gasteiger partial charge in [0.2, 0.25) is 11.8 Å². The van der Waals surface area contributed by atoms with E-state index in [4.69, 9.17) is 19.4 Å². The number of ether oxygens (including phenoxy) is 2. The molecule has 1 saturated heterocycles. The summed E-state index contributed by atoms with van der Waals surface area (Å²) in [5.74, 6) is 2.46. The highest BCUT2D eigenvalue weighted by Crippen LogP contribution is 2.33. The monoisotopic (exact) mass is 476 g/mol. The first-order chi connectivity index (χ1) is 17.0. The first-order valence-electron chi connectivity index (χ1n) is 12.0. The molecule has 0 radical (unpaired) electrons. The van der Waals surface area contributed by atoms with Gasteiger partial charge < -0.3 is 19.3 Å². The molecule has 3 heterocycles. The highest BCUT2D eigenvalue weighted by atomic mass is 19.1. The number of methoxy groups -OCH3 is 1. The standard InChI is InChI=1S/C27H29FN4O3/c1-18-10-13-31(14-11-18)27-29-24-12-15-32(26(33)19-4-3-5-22(16-19)34-2)17-23(24)25(30-27)35-21-8-6-20(28)7-9-21/h3-9,16,18H,10-15,17H2,1-2H3. The number of benzene rings is 2. The summed E-state index contributed by atoms with van der Waals surface area (Å²) in [5.41, 5.74) is 2.24. The van der Waals surface area contributed by atoms with E-state index in [2.05, 4.69) is 11.8 Å². The van der Waals surface area contributed by atoms with Gasteiger partial charge in [0.15, 0.2) is 0 Å². The number of hydrogen-bond donors (Lipinski definition) is 0. The molecule has 35 heavy (non-hydrogen) atoms. The molecule has 0 unspecified atom stereocenters. The summed E-state index contributed by atoms with van der Waals surface area (Å²) in [5, 5.41) is 0. The summed E-state index contributed by atoms with van der Waals surface area (Å²) >= 11 is 0. The molecule has 2 aliphatic rings. The normalized spacial score (nSPS) is 16.1. The van der Waals surface area contributed by atoms with Crippen molar-refractivity contribution in [2.24, 2.45) is 5.92 Å². The van der Waals surface area contributed by atoms with Gasteiger partial charge in [0, 0.05) is 31.6 Å². The SMILES string of the molecule is COc1cccc(C(=O)N2CCc3nc(N4CCC(C)CC4)nc(Oc4ccc(F)cc4)c3C2)c1. The predicted molar refractivity (Wildman–Crippen MR) is 131 cm³/mol. The number of amides is 1. The Morgan fingerprint density at radius 3 is 2.54 bits per heavy atom. The molecular weight excluding hydrogens is 447 g/mol. The predicted octanol–water partition coefficient (Wildman–Crippen LogP) is 4.85. The van der Waals surface area contributed by atoms with Crippen molar-refractivity contribution in [2.75, 3.05) is 31.6 Å². The topological polar surface area (TPSA) is 67.8 Å². The summed E-state index contributed by atoms with van der Waals surface area (Å²) < 4.78 is 24.9. The zero-order valence-corrected chi connectivity index (χ0v) is 20.0. The molecule has 1 fully saturated rings. The number of anilines is 1. The van der Waals surface area contributed by atoms with E-state index in [9.17, 15) is 9.18 Å². The first-order valence-corrected chi connectivity index (χ1v) is 12.0. The zero-order chi connectivity index (χ0) is 24.4. The van der Waals surface area contributed by atoms with Crippen LogP contribution >= 0.6 is 0 Å². The molecule has 5 rings (SSSR count). The van der Waals surface area contributed by atoms with Crippen molar-refractivity contribution in [3.8, 4) is 17.4 Å². The number of carbonyl (C=O) groups is 1. The molecular formula is C27H29FN4O3. The van der Waals surface area contributed by atoms with E-state index in [0.29, 0.717) is 54.3 Å². The molecule has 1 aromatic heterocycles. The van der Waals surface area contributed by atoms with Gasteiger partial charge >= 0.3 is 0 Å². The molecule has 0 bridgehead atoms. The Morgan fingerprint density at radius 2 is 1.80 bits per heavy atom. The Kier molecular flexibility index (Phi) is 6.53. The lowest BCUT2D eigenvalue weighted by Gasteiger charge is -2.33. The van der Waals surface area contributed by atoms with Gasteiger partial charge in [-0.1, -0.05) is 13.0 Å². The smallest absolute Gasteiger partial charge is 0.254 e. The van der Waals surface area contributed by atoms with Gasteiger partial charge in [0.25, 0.3) is 5.91 Å². The molecule has 8 heteroatoms. The summed E-state index contributed by atoms with van der Waals surface area (Å²) in [4.78, 5) is 26.9. The minimum atomic E-state index is -0.333. The van der Waals surface area contributed by atoms with Crippen molar-refractivity contribution in [3.05, 3.63) is 71.2 Å². The fraction of sp³-hybridized carbons (Fsp3) is 0.370. The van der Waals surface area contributed by atoms with Crippen LogP contribution in [0.15, 0.2) is 48.5 Å². The van der Waals surface area contributed by atoms with E-state index in [0.717, 1.165) is 37.2 Å². The number of nitrogens with zero attached hydrogens (tertiary/aromatic N) is 4. The lowest BCUT2D eigenvalue weighted by atomic mass is 9.99. The van der Waals surface area contributed by atoms with Crippen LogP contribution in [0, 0.1) is 11.7 Å². The van der Waals surface area contributed by atoms with Gasteiger partial charge in [-0.05, 0) is 61.2 Å². The second kappa shape index (κ2) is 9.90. The third kappa shape index (κ3) is 5.06. The molecule has 0 aliphatic carbocycles. The fourth-order valence-electron chi connectivity index (χ4n) is 4.53.